The number of hydrogen-bond donors (Lipinski definition) is 0. The lowest BCUT2D eigenvalue weighted by atomic mass is 10.4. The number of fused-ring (bicyclic) bond motifs is 1. The summed E-state index contributed by atoms with van der Waals surface area (Å²) >= 11 is 5.64. The molecule has 0 aliphatic rings. The number of hydrogen-bond acceptors (Lipinski definition) is 2. The maximum absolute atomic E-state index is 12.3. The molecule has 15 heavy (non-hydrogen) atoms. The molecule has 0 bridgehead atoms. The van der Waals surface area contributed by atoms with Gasteiger partial charge in [0.05, 0.1) is 24.1 Å². The van der Waals surface area contributed by atoms with Gasteiger partial charge in [0.15, 0.2) is 0 Å². The molecule has 0 N–H and O–H groups in total. The molecular formula is C9H8ClF2N3. The molecule has 0 saturated carbocycles. The van der Waals surface area contributed by atoms with E-state index in [1.165, 1.54) is 10.8 Å². The fraction of sp³-hybridized carbons (Fsp3) is 0.333. The fourth-order valence-corrected chi connectivity index (χ4v) is 1.68. The van der Waals surface area contributed by atoms with Gasteiger partial charge >= 0.3 is 0 Å². The van der Waals surface area contributed by atoms with Crippen LogP contribution in [0, 0.1) is 0 Å². The van der Waals surface area contributed by atoms with Gasteiger partial charge in [0.2, 0.25) is 0 Å². The molecule has 0 aliphatic heterocycles. The van der Waals surface area contributed by atoms with Crippen molar-refractivity contribution in [1.82, 2.24) is 14.5 Å². The van der Waals surface area contributed by atoms with Crippen molar-refractivity contribution in [2.75, 3.05) is 0 Å². The maximum atomic E-state index is 12.3. The van der Waals surface area contributed by atoms with Crippen LogP contribution < -0.4 is 0 Å². The average molecular weight is 232 g/mol. The molecule has 0 fully saturated rings. The number of imidazole rings is 1. The van der Waals surface area contributed by atoms with Crippen molar-refractivity contribution in [2.45, 2.75) is 18.9 Å². The Morgan fingerprint density at radius 3 is 2.93 bits per heavy atom. The highest BCUT2D eigenvalue weighted by Gasteiger charge is 2.13. The molecule has 0 aromatic carbocycles. The van der Waals surface area contributed by atoms with Crippen LogP contribution in [-0.2, 0) is 12.4 Å². The van der Waals surface area contributed by atoms with Gasteiger partial charge in [-0.3, -0.25) is 4.98 Å². The molecule has 0 radical (unpaired) electrons. The lowest BCUT2D eigenvalue weighted by Gasteiger charge is -2.05. The van der Waals surface area contributed by atoms with E-state index in [1.54, 1.807) is 12.3 Å². The Morgan fingerprint density at radius 1 is 1.47 bits per heavy atom. The highest BCUT2D eigenvalue weighted by molar-refractivity contribution is 6.16. The predicted octanol–water partition coefficient (Wildman–Crippen LogP) is 2.44. The molecule has 0 spiro atoms. The number of nitrogens with zero attached hydrogens (tertiary/aromatic N) is 3. The van der Waals surface area contributed by atoms with Gasteiger partial charge in [-0.15, -0.1) is 11.6 Å². The van der Waals surface area contributed by atoms with Gasteiger partial charge in [0, 0.05) is 6.20 Å². The van der Waals surface area contributed by atoms with Gasteiger partial charge in [-0.05, 0) is 6.07 Å². The first kappa shape index (κ1) is 10.3. The molecule has 0 aliphatic carbocycles. The van der Waals surface area contributed by atoms with Crippen LogP contribution >= 0.6 is 11.6 Å². The summed E-state index contributed by atoms with van der Waals surface area (Å²) in [6, 6.07) is 1.65. The number of pyridine rings is 1. The van der Waals surface area contributed by atoms with Gasteiger partial charge < -0.3 is 4.57 Å². The topological polar surface area (TPSA) is 30.7 Å². The highest BCUT2D eigenvalue weighted by Crippen LogP contribution is 2.17. The Balaban J connectivity index is 2.56. The van der Waals surface area contributed by atoms with E-state index in [0.717, 1.165) is 0 Å². The molecule has 0 amide bonds. The van der Waals surface area contributed by atoms with Crippen molar-refractivity contribution in [3.8, 4) is 0 Å². The SMILES string of the molecule is FC(F)Cn1c(CCl)nc2cnccc21. The maximum Gasteiger partial charge on any atom is 0.256 e. The van der Waals surface area contributed by atoms with Crippen molar-refractivity contribution in [3.63, 3.8) is 0 Å². The Morgan fingerprint density at radius 2 is 2.27 bits per heavy atom. The van der Waals surface area contributed by atoms with Crippen molar-refractivity contribution >= 4 is 22.6 Å². The first-order valence-electron chi connectivity index (χ1n) is 4.35. The average Bonchev–Trinajstić information content (AvgIpc) is 2.56. The smallest absolute Gasteiger partial charge is 0.256 e. The molecular weight excluding hydrogens is 224 g/mol. The molecule has 0 unspecified atom stereocenters. The third kappa shape index (κ3) is 1.92. The summed E-state index contributed by atoms with van der Waals surface area (Å²) in [7, 11) is 0. The minimum Gasteiger partial charge on any atom is -0.321 e. The van der Waals surface area contributed by atoms with E-state index in [9.17, 15) is 8.78 Å². The van der Waals surface area contributed by atoms with E-state index < -0.39 is 6.43 Å². The van der Waals surface area contributed by atoms with Gasteiger partial charge in [-0.25, -0.2) is 13.8 Å². The molecule has 6 heteroatoms. The van der Waals surface area contributed by atoms with E-state index in [0.29, 0.717) is 16.9 Å². The first-order chi connectivity index (χ1) is 7.22. The second kappa shape index (κ2) is 4.10. The summed E-state index contributed by atoms with van der Waals surface area (Å²) in [6.45, 7) is -0.386. The Kier molecular flexibility index (Phi) is 2.81. The summed E-state index contributed by atoms with van der Waals surface area (Å²) in [6.07, 6.45) is 0.662. The Bertz CT molecular complexity index is 469. The van der Waals surface area contributed by atoms with Crippen LogP contribution in [0.15, 0.2) is 18.5 Å². The normalized spacial score (nSPS) is 11.5. The van der Waals surface area contributed by atoms with Gasteiger partial charge in [-0.1, -0.05) is 0 Å². The first-order valence-corrected chi connectivity index (χ1v) is 4.89. The number of alkyl halides is 3. The summed E-state index contributed by atoms with van der Waals surface area (Å²) in [5.74, 6) is 0.557. The standard InChI is InChI=1S/C9H8ClF2N3/c10-3-9-14-6-4-13-2-1-7(6)15(9)5-8(11)12/h1-2,4,8H,3,5H2. The van der Waals surface area contributed by atoms with Crippen LogP contribution in [0.25, 0.3) is 11.0 Å². The zero-order chi connectivity index (χ0) is 10.8. The largest absolute Gasteiger partial charge is 0.321 e. The molecule has 0 atom stereocenters. The molecule has 2 heterocycles. The minimum atomic E-state index is -2.42. The van der Waals surface area contributed by atoms with E-state index in [-0.39, 0.29) is 12.4 Å². The Hall–Kier alpha value is -1.23. The Labute approximate surface area is 89.7 Å². The van der Waals surface area contributed by atoms with Crippen LogP contribution in [0.4, 0.5) is 8.78 Å². The number of rotatable bonds is 3. The zero-order valence-electron chi connectivity index (χ0n) is 7.70. The van der Waals surface area contributed by atoms with Crippen LogP contribution in [-0.4, -0.2) is 21.0 Å². The second-order valence-corrected chi connectivity index (χ2v) is 3.30. The zero-order valence-corrected chi connectivity index (χ0v) is 8.46. The van der Waals surface area contributed by atoms with Gasteiger partial charge in [0.1, 0.15) is 11.3 Å². The quantitative estimate of drug-likeness (QED) is 0.760. The summed E-state index contributed by atoms with van der Waals surface area (Å²) in [5.41, 5.74) is 1.23. The lowest BCUT2D eigenvalue weighted by molar-refractivity contribution is 0.127. The van der Waals surface area contributed by atoms with Crippen molar-refractivity contribution in [1.29, 1.82) is 0 Å². The van der Waals surface area contributed by atoms with E-state index >= 15 is 0 Å². The monoisotopic (exact) mass is 231 g/mol. The van der Waals surface area contributed by atoms with Crippen molar-refractivity contribution in [2.24, 2.45) is 0 Å². The van der Waals surface area contributed by atoms with E-state index in [2.05, 4.69) is 9.97 Å². The lowest BCUT2D eigenvalue weighted by Crippen LogP contribution is -2.09. The number of halogens is 3. The van der Waals surface area contributed by atoms with E-state index in [4.69, 9.17) is 11.6 Å². The van der Waals surface area contributed by atoms with Crippen LogP contribution in [0.3, 0.4) is 0 Å². The van der Waals surface area contributed by atoms with Crippen LogP contribution in [0.2, 0.25) is 0 Å². The second-order valence-electron chi connectivity index (χ2n) is 3.03. The summed E-state index contributed by atoms with van der Waals surface area (Å²) < 4.78 is 26.1. The van der Waals surface area contributed by atoms with Crippen molar-refractivity contribution in [3.05, 3.63) is 24.3 Å². The molecule has 2 aromatic rings. The minimum absolute atomic E-state index is 0.112. The summed E-state index contributed by atoms with van der Waals surface area (Å²) in [4.78, 5) is 7.99. The molecule has 3 nitrogen and oxygen atoms in total. The number of aromatic nitrogens is 3. The van der Waals surface area contributed by atoms with Crippen LogP contribution in [0.1, 0.15) is 5.82 Å². The molecule has 2 aromatic heterocycles. The van der Waals surface area contributed by atoms with Crippen LogP contribution in [0.5, 0.6) is 0 Å². The van der Waals surface area contributed by atoms with Gasteiger partial charge in [0.25, 0.3) is 6.43 Å². The third-order valence-corrected chi connectivity index (χ3v) is 2.31. The molecule has 0 saturated heterocycles. The third-order valence-electron chi connectivity index (χ3n) is 2.07. The van der Waals surface area contributed by atoms with E-state index in [1.807, 2.05) is 0 Å². The summed E-state index contributed by atoms with van der Waals surface area (Å²) in [5, 5.41) is 0. The fourth-order valence-electron chi connectivity index (χ4n) is 1.48. The predicted molar refractivity (Wildman–Crippen MR) is 53.1 cm³/mol. The van der Waals surface area contributed by atoms with Crippen molar-refractivity contribution < 1.29 is 8.78 Å². The van der Waals surface area contributed by atoms with Gasteiger partial charge in [-0.2, -0.15) is 0 Å². The molecule has 2 rings (SSSR count). The molecule has 80 valence electrons. The highest BCUT2D eigenvalue weighted by atomic mass is 35.5.